The molecule has 9 nitrogen and oxygen atoms in total. The van der Waals surface area contributed by atoms with Crippen LogP contribution in [0, 0.1) is 0 Å². The van der Waals surface area contributed by atoms with Crippen LogP contribution in [0.15, 0.2) is 48.5 Å². The molecular formula is C26H30N2O7. The Labute approximate surface area is 204 Å². The van der Waals surface area contributed by atoms with Gasteiger partial charge in [-0.2, -0.15) is 0 Å². The van der Waals surface area contributed by atoms with Gasteiger partial charge in [-0.3, -0.25) is 14.4 Å². The normalized spacial score (nSPS) is 10.8. The van der Waals surface area contributed by atoms with Crippen LogP contribution in [0.2, 0.25) is 0 Å². The number of carbonyl (C=O) groups excluding carboxylic acids is 4. The summed E-state index contributed by atoms with van der Waals surface area (Å²) in [5, 5.41) is 2.70. The summed E-state index contributed by atoms with van der Waals surface area (Å²) < 4.78 is 15.4. The molecule has 0 aliphatic rings. The van der Waals surface area contributed by atoms with E-state index < -0.39 is 23.8 Å². The zero-order valence-corrected chi connectivity index (χ0v) is 20.3. The van der Waals surface area contributed by atoms with Crippen LogP contribution in [-0.4, -0.2) is 55.0 Å². The Morgan fingerprint density at radius 1 is 0.886 bits per heavy atom. The number of anilines is 1. The molecule has 0 aliphatic carbocycles. The molecule has 1 N–H and O–H groups in total. The van der Waals surface area contributed by atoms with Gasteiger partial charge in [0.15, 0.2) is 11.5 Å². The summed E-state index contributed by atoms with van der Waals surface area (Å²) in [6.07, 6.45) is 2.81. The molecule has 9 heteroatoms. The SMILES string of the molecule is CCN(CC)CCOC(=O)c1ccc(NC(=O)/C=C/c2ccc(OC(C)=O)c(OC(C)=O)c2)cc1. The van der Waals surface area contributed by atoms with Crippen LogP contribution >= 0.6 is 0 Å². The average Bonchev–Trinajstić information content (AvgIpc) is 2.81. The van der Waals surface area contributed by atoms with Crippen LogP contribution in [0.1, 0.15) is 43.6 Å². The van der Waals surface area contributed by atoms with Gasteiger partial charge < -0.3 is 24.4 Å². The lowest BCUT2D eigenvalue weighted by Crippen LogP contribution is -2.27. The molecule has 0 radical (unpaired) electrons. The highest BCUT2D eigenvalue weighted by Gasteiger charge is 2.11. The Kier molecular flexibility index (Phi) is 10.6. The van der Waals surface area contributed by atoms with Crippen molar-refractivity contribution in [3.05, 3.63) is 59.7 Å². The second kappa shape index (κ2) is 13.7. The number of carbonyl (C=O) groups is 4. The Hall–Kier alpha value is -3.98. The van der Waals surface area contributed by atoms with Gasteiger partial charge >= 0.3 is 17.9 Å². The second-order valence-corrected chi connectivity index (χ2v) is 7.46. The van der Waals surface area contributed by atoms with Crippen LogP contribution in [-0.2, 0) is 19.1 Å². The molecule has 186 valence electrons. The number of esters is 3. The zero-order chi connectivity index (χ0) is 25.8. The van der Waals surface area contributed by atoms with Crippen LogP contribution < -0.4 is 14.8 Å². The Balaban J connectivity index is 1.96. The maximum absolute atomic E-state index is 12.3. The van der Waals surface area contributed by atoms with Crippen molar-refractivity contribution < 1.29 is 33.4 Å². The lowest BCUT2D eigenvalue weighted by atomic mass is 10.2. The van der Waals surface area contributed by atoms with Gasteiger partial charge in [-0.15, -0.1) is 0 Å². The molecule has 0 saturated carbocycles. The van der Waals surface area contributed by atoms with Crippen molar-refractivity contribution in [3.8, 4) is 11.5 Å². The van der Waals surface area contributed by atoms with Crippen LogP contribution in [0.25, 0.3) is 6.08 Å². The highest BCUT2D eigenvalue weighted by atomic mass is 16.6. The number of nitrogens with one attached hydrogen (secondary N) is 1. The standard InChI is InChI=1S/C26H30N2O7/c1-5-28(6-2)15-16-33-26(32)21-9-11-22(12-10-21)27-25(31)14-8-20-7-13-23(34-18(3)29)24(17-20)35-19(4)30/h7-14,17H,5-6,15-16H2,1-4H3,(H,27,31)/b14-8+. The minimum atomic E-state index is -0.575. The second-order valence-electron chi connectivity index (χ2n) is 7.46. The molecule has 35 heavy (non-hydrogen) atoms. The van der Waals surface area contributed by atoms with Gasteiger partial charge in [0.05, 0.1) is 5.56 Å². The van der Waals surface area contributed by atoms with Crippen LogP contribution in [0.5, 0.6) is 11.5 Å². The molecule has 2 rings (SSSR count). The first-order chi connectivity index (χ1) is 16.7. The van der Waals surface area contributed by atoms with E-state index in [2.05, 4.69) is 24.1 Å². The van der Waals surface area contributed by atoms with E-state index in [9.17, 15) is 19.2 Å². The Bertz CT molecular complexity index is 1070. The van der Waals surface area contributed by atoms with E-state index in [1.807, 2.05) is 0 Å². The molecule has 2 aromatic carbocycles. The Morgan fingerprint density at radius 3 is 2.11 bits per heavy atom. The number of hydrogen-bond donors (Lipinski definition) is 1. The zero-order valence-electron chi connectivity index (χ0n) is 20.3. The lowest BCUT2D eigenvalue weighted by molar-refractivity contribution is -0.134. The fourth-order valence-corrected chi connectivity index (χ4v) is 3.04. The van der Waals surface area contributed by atoms with Crippen molar-refractivity contribution in [1.82, 2.24) is 4.90 Å². The summed E-state index contributed by atoms with van der Waals surface area (Å²) in [4.78, 5) is 49.2. The minimum Gasteiger partial charge on any atom is -0.461 e. The van der Waals surface area contributed by atoms with E-state index in [1.54, 1.807) is 30.3 Å². The van der Waals surface area contributed by atoms with Gasteiger partial charge in [-0.1, -0.05) is 19.9 Å². The molecule has 1 amide bonds. The molecule has 0 spiro atoms. The smallest absolute Gasteiger partial charge is 0.338 e. The molecule has 0 unspecified atom stereocenters. The van der Waals surface area contributed by atoms with E-state index in [1.165, 1.54) is 38.1 Å². The fraction of sp³-hybridized carbons (Fsp3) is 0.308. The third kappa shape index (κ3) is 9.42. The number of amides is 1. The van der Waals surface area contributed by atoms with Gasteiger partial charge in [0, 0.05) is 32.2 Å². The molecule has 0 heterocycles. The van der Waals surface area contributed by atoms with Crippen LogP contribution in [0.4, 0.5) is 5.69 Å². The first-order valence-corrected chi connectivity index (χ1v) is 11.2. The lowest BCUT2D eigenvalue weighted by Gasteiger charge is -2.17. The number of benzene rings is 2. The van der Waals surface area contributed by atoms with Gasteiger partial charge in [0.1, 0.15) is 6.61 Å². The maximum atomic E-state index is 12.3. The van der Waals surface area contributed by atoms with E-state index in [0.29, 0.717) is 30.0 Å². The average molecular weight is 483 g/mol. The molecule has 0 bridgehead atoms. The monoisotopic (exact) mass is 482 g/mol. The molecule has 0 aromatic heterocycles. The number of hydrogen-bond acceptors (Lipinski definition) is 8. The highest BCUT2D eigenvalue weighted by molar-refractivity contribution is 6.02. The molecule has 0 fully saturated rings. The van der Waals surface area contributed by atoms with Gasteiger partial charge in [0.2, 0.25) is 5.91 Å². The number of ether oxygens (including phenoxy) is 3. The third-order valence-electron chi connectivity index (χ3n) is 4.83. The highest BCUT2D eigenvalue weighted by Crippen LogP contribution is 2.29. The van der Waals surface area contributed by atoms with Crippen molar-refractivity contribution in [2.75, 3.05) is 31.6 Å². The number of rotatable bonds is 11. The molecule has 0 aliphatic heterocycles. The molecule has 0 saturated heterocycles. The summed E-state index contributed by atoms with van der Waals surface area (Å²) in [5.41, 5.74) is 1.45. The number of likely N-dealkylation sites (N-methyl/N-ethyl adjacent to an activating group) is 1. The van der Waals surface area contributed by atoms with E-state index in [4.69, 9.17) is 14.2 Å². The van der Waals surface area contributed by atoms with E-state index in [-0.39, 0.29) is 11.5 Å². The molecule has 0 atom stereocenters. The number of nitrogens with zero attached hydrogens (tertiary/aromatic N) is 1. The fourth-order valence-electron chi connectivity index (χ4n) is 3.04. The van der Waals surface area contributed by atoms with Crippen molar-refractivity contribution in [1.29, 1.82) is 0 Å². The predicted octanol–water partition coefficient (Wildman–Crippen LogP) is 3.69. The third-order valence-corrected chi connectivity index (χ3v) is 4.83. The quantitative estimate of drug-likeness (QED) is 0.293. The van der Waals surface area contributed by atoms with Crippen LogP contribution in [0.3, 0.4) is 0 Å². The summed E-state index contributed by atoms with van der Waals surface area (Å²) in [6.45, 7) is 9.33. The van der Waals surface area contributed by atoms with Crippen molar-refractivity contribution >= 4 is 35.6 Å². The van der Waals surface area contributed by atoms with Gasteiger partial charge in [0.25, 0.3) is 0 Å². The van der Waals surface area contributed by atoms with Crippen molar-refractivity contribution in [2.45, 2.75) is 27.7 Å². The Morgan fingerprint density at radius 2 is 1.51 bits per heavy atom. The molecular weight excluding hydrogens is 452 g/mol. The topological polar surface area (TPSA) is 111 Å². The summed E-state index contributed by atoms with van der Waals surface area (Å²) in [6, 6.07) is 10.9. The molecule has 2 aromatic rings. The van der Waals surface area contributed by atoms with E-state index in [0.717, 1.165) is 13.1 Å². The largest absolute Gasteiger partial charge is 0.461 e. The van der Waals surface area contributed by atoms with Gasteiger partial charge in [-0.05, 0) is 61.1 Å². The van der Waals surface area contributed by atoms with Crippen molar-refractivity contribution in [3.63, 3.8) is 0 Å². The van der Waals surface area contributed by atoms with Crippen molar-refractivity contribution in [2.24, 2.45) is 0 Å². The van der Waals surface area contributed by atoms with Gasteiger partial charge in [-0.25, -0.2) is 4.79 Å². The predicted molar refractivity (Wildman–Crippen MR) is 131 cm³/mol. The first kappa shape index (κ1) is 27.3. The summed E-state index contributed by atoms with van der Waals surface area (Å²) in [7, 11) is 0. The first-order valence-electron chi connectivity index (χ1n) is 11.2. The maximum Gasteiger partial charge on any atom is 0.338 e. The van der Waals surface area contributed by atoms with E-state index >= 15 is 0 Å². The minimum absolute atomic E-state index is 0.0647. The summed E-state index contributed by atoms with van der Waals surface area (Å²) in [5.74, 6) is -1.79. The summed E-state index contributed by atoms with van der Waals surface area (Å²) >= 11 is 0.